The Hall–Kier alpha value is -4.01. The first kappa shape index (κ1) is 21.7. The SMILES string of the molecule is Cc1ccc(NC(=O)C2C(=O)N(c3ccc(C)c(C)c3)C(=O)/C2=N/NC(N)=O)cc1C. The Morgan fingerprint density at radius 3 is 2.13 bits per heavy atom. The van der Waals surface area contributed by atoms with Gasteiger partial charge in [0.2, 0.25) is 5.91 Å². The molecule has 4 N–H and O–H groups in total. The molecule has 3 rings (SSSR count). The molecule has 2 aromatic rings. The average Bonchev–Trinajstić information content (AvgIpc) is 2.95. The number of hydrazone groups is 1. The van der Waals surface area contributed by atoms with Crippen molar-refractivity contribution >= 4 is 40.8 Å². The zero-order valence-corrected chi connectivity index (χ0v) is 17.6. The number of imide groups is 1. The van der Waals surface area contributed by atoms with Crippen LogP contribution < -0.4 is 21.4 Å². The minimum absolute atomic E-state index is 0.311. The molecule has 1 heterocycles. The van der Waals surface area contributed by atoms with Crippen molar-refractivity contribution in [2.24, 2.45) is 16.8 Å². The Balaban J connectivity index is 1.99. The fourth-order valence-electron chi connectivity index (χ4n) is 3.19. The Labute approximate surface area is 179 Å². The van der Waals surface area contributed by atoms with E-state index in [-0.39, 0.29) is 0 Å². The lowest BCUT2D eigenvalue weighted by atomic mass is 10.0. The summed E-state index contributed by atoms with van der Waals surface area (Å²) in [6.07, 6.45) is 0. The molecule has 0 aromatic heterocycles. The summed E-state index contributed by atoms with van der Waals surface area (Å²) in [5.74, 6) is -3.85. The van der Waals surface area contributed by atoms with Crippen LogP contribution >= 0.6 is 0 Å². The molecule has 160 valence electrons. The molecule has 0 spiro atoms. The maximum atomic E-state index is 13.1. The number of anilines is 2. The van der Waals surface area contributed by atoms with Crippen LogP contribution in [0.2, 0.25) is 0 Å². The first-order chi connectivity index (χ1) is 14.6. The lowest BCUT2D eigenvalue weighted by Crippen LogP contribution is -2.35. The molecular weight excluding hydrogens is 398 g/mol. The van der Waals surface area contributed by atoms with Crippen molar-refractivity contribution in [3.05, 3.63) is 58.7 Å². The van der Waals surface area contributed by atoms with E-state index in [1.54, 1.807) is 30.3 Å². The number of aryl methyl sites for hydroxylation is 4. The maximum absolute atomic E-state index is 13.1. The van der Waals surface area contributed by atoms with Gasteiger partial charge in [-0.2, -0.15) is 5.10 Å². The zero-order valence-electron chi connectivity index (χ0n) is 17.6. The van der Waals surface area contributed by atoms with Crippen LogP contribution in [0.4, 0.5) is 16.2 Å². The zero-order chi connectivity index (χ0) is 22.9. The van der Waals surface area contributed by atoms with Crippen molar-refractivity contribution in [2.45, 2.75) is 27.7 Å². The smallest absolute Gasteiger partial charge is 0.332 e. The van der Waals surface area contributed by atoms with Crippen LogP contribution in [0.25, 0.3) is 0 Å². The van der Waals surface area contributed by atoms with E-state index in [1.165, 1.54) is 0 Å². The molecule has 1 atom stereocenters. The average molecular weight is 421 g/mol. The number of carbonyl (C=O) groups is 4. The normalized spacial score (nSPS) is 17.2. The third kappa shape index (κ3) is 4.30. The molecule has 9 nitrogen and oxygen atoms in total. The van der Waals surface area contributed by atoms with Crippen LogP contribution in [0, 0.1) is 33.6 Å². The molecular formula is C22H23N5O4. The van der Waals surface area contributed by atoms with Crippen LogP contribution in [-0.2, 0) is 14.4 Å². The van der Waals surface area contributed by atoms with E-state index in [2.05, 4.69) is 10.4 Å². The van der Waals surface area contributed by atoms with E-state index >= 15 is 0 Å². The topological polar surface area (TPSA) is 134 Å². The predicted molar refractivity (Wildman–Crippen MR) is 117 cm³/mol. The Morgan fingerprint density at radius 1 is 0.935 bits per heavy atom. The van der Waals surface area contributed by atoms with Gasteiger partial charge in [-0.3, -0.25) is 14.4 Å². The van der Waals surface area contributed by atoms with Gasteiger partial charge in [0.25, 0.3) is 11.8 Å². The first-order valence-electron chi connectivity index (χ1n) is 9.57. The van der Waals surface area contributed by atoms with Gasteiger partial charge < -0.3 is 11.1 Å². The van der Waals surface area contributed by atoms with Crippen molar-refractivity contribution in [3.63, 3.8) is 0 Å². The van der Waals surface area contributed by atoms with E-state index < -0.39 is 35.4 Å². The van der Waals surface area contributed by atoms with Crippen LogP contribution in [0.1, 0.15) is 22.3 Å². The minimum Gasteiger partial charge on any atom is -0.350 e. The number of hydrogen-bond acceptors (Lipinski definition) is 5. The highest BCUT2D eigenvalue weighted by Crippen LogP contribution is 2.28. The van der Waals surface area contributed by atoms with Gasteiger partial charge in [-0.15, -0.1) is 0 Å². The van der Waals surface area contributed by atoms with E-state index in [1.807, 2.05) is 39.2 Å². The monoisotopic (exact) mass is 421 g/mol. The molecule has 1 fully saturated rings. The van der Waals surface area contributed by atoms with Gasteiger partial charge in [0.05, 0.1) is 5.69 Å². The third-order valence-corrected chi connectivity index (χ3v) is 5.23. The number of rotatable bonds is 4. The van der Waals surface area contributed by atoms with Crippen molar-refractivity contribution in [3.8, 4) is 0 Å². The van der Waals surface area contributed by atoms with Gasteiger partial charge in [-0.05, 0) is 74.2 Å². The molecule has 1 saturated heterocycles. The lowest BCUT2D eigenvalue weighted by molar-refractivity contribution is -0.127. The van der Waals surface area contributed by atoms with Crippen LogP contribution in [0.15, 0.2) is 41.5 Å². The standard InChI is InChI=1S/C22H23N5O4/c1-11-5-7-15(9-13(11)3)24-19(28)17-18(25-26-22(23)31)21(30)27(20(17)29)16-8-6-12(2)14(4)10-16/h5-10,17H,1-4H3,(H,24,28)(H3,23,26,31)/b25-18+. The van der Waals surface area contributed by atoms with E-state index in [0.29, 0.717) is 11.4 Å². The summed E-state index contributed by atoms with van der Waals surface area (Å²) < 4.78 is 0. The first-order valence-corrected chi connectivity index (χ1v) is 9.57. The lowest BCUT2D eigenvalue weighted by Gasteiger charge is -2.15. The molecule has 5 amide bonds. The maximum Gasteiger partial charge on any atom is 0.332 e. The van der Waals surface area contributed by atoms with Crippen molar-refractivity contribution < 1.29 is 19.2 Å². The van der Waals surface area contributed by atoms with Crippen LogP contribution in [0.3, 0.4) is 0 Å². The van der Waals surface area contributed by atoms with Gasteiger partial charge in [0, 0.05) is 5.69 Å². The number of urea groups is 1. The number of nitrogens with one attached hydrogen (secondary N) is 2. The molecule has 0 aliphatic carbocycles. The summed E-state index contributed by atoms with van der Waals surface area (Å²) in [7, 11) is 0. The molecule has 31 heavy (non-hydrogen) atoms. The largest absolute Gasteiger partial charge is 0.350 e. The van der Waals surface area contributed by atoms with E-state index in [0.717, 1.165) is 27.2 Å². The van der Waals surface area contributed by atoms with Gasteiger partial charge >= 0.3 is 6.03 Å². The molecule has 0 radical (unpaired) electrons. The molecule has 9 heteroatoms. The van der Waals surface area contributed by atoms with Gasteiger partial charge in [0.15, 0.2) is 5.92 Å². The summed E-state index contributed by atoms with van der Waals surface area (Å²) in [6, 6.07) is 9.32. The highest BCUT2D eigenvalue weighted by Gasteiger charge is 2.50. The van der Waals surface area contributed by atoms with E-state index in [4.69, 9.17) is 5.73 Å². The van der Waals surface area contributed by atoms with Crippen LogP contribution in [-0.4, -0.2) is 29.5 Å². The summed E-state index contributed by atoms with van der Waals surface area (Å²) in [5, 5.41) is 6.31. The summed E-state index contributed by atoms with van der Waals surface area (Å²) in [6.45, 7) is 7.57. The van der Waals surface area contributed by atoms with Gasteiger partial charge in [0.1, 0.15) is 5.71 Å². The van der Waals surface area contributed by atoms with Crippen molar-refractivity contribution in [1.82, 2.24) is 5.43 Å². The summed E-state index contributed by atoms with van der Waals surface area (Å²) >= 11 is 0. The van der Waals surface area contributed by atoms with E-state index in [9.17, 15) is 19.2 Å². The van der Waals surface area contributed by atoms with Gasteiger partial charge in [-0.1, -0.05) is 12.1 Å². The fraction of sp³-hybridized carbons (Fsp3) is 0.227. The predicted octanol–water partition coefficient (Wildman–Crippen LogP) is 2.07. The molecule has 2 aromatic carbocycles. The third-order valence-electron chi connectivity index (χ3n) is 5.23. The molecule has 1 aliphatic heterocycles. The number of nitrogens with two attached hydrogens (primary N) is 1. The number of benzene rings is 2. The number of carbonyl (C=O) groups excluding carboxylic acids is 4. The molecule has 1 aliphatic rings. The van der Waals surface area contributed by atoms with Gasteiger partial charge in [-0.25, -0.2) is 15.1 Å². The quantitative estimate of drug-likeness (QED) is 0.396. The molecule has 0 saturated carbocycles. The number of hydrogen-bond donors (Lipinski definition) is 3. The Kier molecular flexibility index (Phi) is 5.87. The Morgan fingerprint density at radius 2 is 1.55 bits per heavy atom. The highest BCUT2D eigenvalue weighted by atomic mass is 16.2. The second-order valence-electron chi connectivity index (χ2n) is 7.44. The second kappa shape index (κ2) is 8.39. The number of primary amides is 1. The van der Waals surface area contributed by atoms with Crippen molar-refractivity contribution in [2.75, 3.05) is 10.2 Å². The summed E-state index contributed by atoms with van der Waals surface area (Å²) in [5.41, 5.74) is 11.2. The molecule has 0 bridgehead atoms. The Bertz CT molecular complexity index is 1140. The van der Waals surface area contributed by atoms with Crippen LogP contribution in [0.5, 0.6) is 0 Å². The number of nitrogens with zero attached hydrogens (tertiary/aromatic N) is 2. The molecule has 1 unspecified atom stereocenters. The summed E-state index contributed by atoms with van der Waals surface area (Å²) in [4.78, 5) is 51.1. The number of amides is 5. The van der Waals surface area contributed by atoms with Crippen molar-refractivity contribution in [1.29, 1.82) is 0 Å². The minimum atomic E-state index is -1.54. The fourth-order valence-corrected chi connectivity index (χ4v) is 3.19. The second-order valence-corrected chi connectivity index (χ2v) is 7.44. The highest BCUT2D eigenvalue weighted by molar-refractivity contribution is 6.61.